The Morgan fingerprint density at radius 2 is 1.68 bits per heavy atom. The molecule has 2 aromatic rings. The van der Waals surface area contributed by atoms with E-state index in [0.717, 1.165) is 11.3 Å². The van der Waals surface area contributed by atoms with Gasteiger partial charge in [0, 0.05) is 56.1 Å². The summed E-state index contributed by atoms with van der Waals surface area (Å²) in [6.45, 7) is 2.99. The maximum Gasteiger partial charge on any atom is 0.269 e. The van der Waals surface area contributed by atoms with Crippen molar-refractivity contribution < 1.29 is 14.5 Å². The van der Waals surface area contributed by atoms with Crippen LogP contribution in [0.4, 0.5) is 11.4 Å². The molecule has 4 rings (SSSR count). The molecule has 2 heterocycles. The van der Waals surface area contributed by atoms with E-state index < -0.39 is 4.92 Å². The molecule has 2 aliphatic rings. The normalized spacial score (nSPS) is 16.3. The molecule has 0 radical (unpaired) electrons. The smallest absolute Gasteiger partial charge is 0.269 e. The SMILES string of the molecule is O=C(CN1Cc2ccccc2C1=O)N1CCN(c2ccc([N+](=O)[O-])cc2)CC1. The number of fused-ring (bicyclic) bond motifs is 1. The van der Waals surface area contributed by atoms with Crippen molar-refractivity contribution in [3.63, 3.8) is 0 Å². The molecule has 1 fully saturated rings. The van der Waals surface area contributed by atoms with E-state index in [1.807, 2.05) is 18.2 Å². The third-order valence-electron chi connectivity index (χ3n) is 5.28. The number of anilines is 1. The molecular formula is C20H20N4O4. The number of nitro benzene ring substituents is 1. The first-order chi connectivity index (χ1) is 13.5. The van der Waals surface area contributed by atoms with Crippen LogP contribution in [0.15, 0.2) is 48.5 Å². The molecular weight excluding hydrogens is 360 g/mol. The van der Waals surface area contributed by atoms with Gasteiger partial charge in [-0.15, -0.1) is 0 Å². The number of piperazine rings is 1. The second-order valence-electron chi connectivity index (χ2n) is 6.96. The van der Waals surface area contributed by atoms with Gasteiger partial charge in [0.05, 0.1) is 4.92 Å². The largest absolute Gasteiger partial charge is 0.368 e. The second kappa shape index (κ2) is 7.30. The van der Waals surface area contributed by atoms with Crippen LogP contribution in [0.5, 0.6) is 0 Å². The van der Waals surface area contributed by atoms with Crippen molar-refractivity contribution in [3.05, 3.63) is 69.8 Å². The summed E-state index contributed by atoms with van der Waals surface area (Å²) in [5, 5.41) is 10.8. The number of hydrogen-bond donors (Lipinski definition) is 0. The molecule has 0 N–H and O–H groups in total. The molecule has 1 saturated heterocycles. The van der Waals surface area contributed by atoms with E-state index in [1.54, 1.807) is 28.0 Å². The van der Waals surface area contributed by atoms with Gasteiger partial charge >= 0.3 is 0 Å². The fourth-order valence-corrected chi connectivity index (χ4v) is 3.70. The van der Waals surface area contributed by atoms with E-state index in [-0.39, 0.29) is 24.0 Å². The molecule has 0 aromatic heterocycles. The van der Waals surface area contributed by atoms with Crippen molar-refractivity contribution in [1.82, 2.24) is 9.80 Å². The Bertz CT molecular complexity index is 920. The predicted molar refractivity (Wildman–Crippen MR) is 103 cm³/mol. The molecule has 144 valence electrons. The summed E-state index contributed by atoms with van der Waals surface area (Å²) in [6, 6.07) is 13.9. The molecule has 28 heavy (non-hydrogen) atoms. The number of carbonyl (C=O) groups excluding carboxylic acids is 2. The van der Waals surface area contributed by atoms with Gasteiger partial charge in [-0.05, 0) is 23.8 Å². The Morgan fingerprint density at radius 1 is 1.00 bits per heavy atom. The predicted octanol–water partition coefficient (Wildman–Crippen LogP) is 1.90. The Morgan fingerprint density at radius 3 is 2.32 bits per heavy atom. The summed E-state index contributed by atoms with van der Waals surface area (Å²) in [6.07, 6.45) is 0. The zero-order valence-corrected chi connectivity index (χ0v) is 15.3. The van der Waals surface area contributed by atoms with E-state index in [2.05, 4.69) is 4.90 Å². The molecule has 2 amide bonds. The van der Waals surface area contributed by atoms with Crippen molar-refractivity contribution in [2.45, 2.75) is 6.54 Å². The van der Waals surface area contributed by atoms with Crippen LogP contribution in [0.1, 0.15) is 15.9 Å². The van der Waals surface area contributed by atoms with Gasteiger partial charge < -0.3 is 14.7 Å². The van der Waals surface area contributed by atoms with Crippen molar-refractivity contribution >= 4 is 23.2 Å². The number of nitro groups is 1. The fraction of sp³-hybridized carbons (Fsp3) is 0.300. The zero-order valence-electron chi connectivity index (χ0n) is 15.3. The Labute approximate surface area is 162 Å². The third-order valence-corrected chi connectivity index (χ3v) is 5.28. The van der Waals surface area contributed by atoms with Gasteiger partial charge in [-0.25, -0.2) is 0 Å². The van der Waals surface area contributed by atoms with Gasteiger partial charge in [-0.3, -0.25) is 19.7 Å². The number of nitrogens with zero attached hydrogens (tertiary/aromatic N) is 4. The van der Waals surface area contributed by atoms with E-state index in [9.17, 15) is 19.7 Å². The molecule has 8 heteroatoms. The molecule has 2 aromatic carbocycles. The summed E-state index contributed by atoms with van der Waals surface area (Å²) in [4.78, 5) is 40.9. The summed E-state index contributed by atoms with van der Waals surface area (Å²) in [5.41, 5.74) is 2.61. The van der Waals surface area contributed by atoms with E-state index >= 15 is 0 Å². The lowest BCUT2D eigenvalue weighted by atomic mass is 10.1. The number of rotatable bonds is 4. The fourth-order valence-electron chi connectivity index (χ4n) is 3.70. The topological polar surface area (TPSA) is 87.0 Å². The highest BCUT2D eigenvalue weighted by atomic mass is 16.6. The van der Waals surface area contributed by atoms with E-state index in [0.29, 0.717) is 38.3 Å². The number of non-ortho nitro benzene ring substituents is 1. The molecule has 0 bridgehead atoms. The molecule has 0 unspecified atom stereocenters. The Kier molecular flexibility index (Phi) is 4.68. The first-order valence-corrected chi connectivity index (χ1v) is 9.17. The molecule has 8 nitrogen and oxygen atoms in total. The van der Waals surface area contributed by atoms with Crippen molar-refractivity contribution in [2.75, 3.05) is 37.6 Å². The minimum atomic E-state index is -0.418. The highest BCUT2D eigenvalue weighted by Gasteiger charge is 2.30. The summed E-state index contributed by atoms with van der Waals surface area (Å²) in [5.74, 6) is -0.141. The Balaban J connectivity index is 1.32. The van der Waals surface area contributed by atoms with Crippen LogP contribution in [0.3, 0.4) is 0 Å². The van der Waals surface area contributed by atoms with Crippen molar-refractivity contribution in [2.24, 2.45) is 0 Å². The van der Waals surface area contributed by atoms with E-state index in [1.165, 1.54) is 12.1 Å². The van der Waals surface area contributed by atoms with Gasteiger partial charge in [-0.1, -0.05) is 18.2 Å². The summed E-state index contributed by atoms with van der Waals surface area (Å²) >= 11 is 0. The molecule has 0 aliphatic carbocycles. The van der Waals surface area contributed by atoms with Gasteiger partial charge in [0.25, 0.3) is 11.6 Å². The summed E-state index contributed by atoms with van der Waals surface area (Å²) in [7, 11) is 0. The van der Waals surface area contributed by atoms with Crippen LogP contribution >= 0.6 is 0 Å². The number of hydrogen-bond acceptors (Lipinski definition) is 5. The maximum absolute atomic E-state index is 12.7. The Hall–Kier alpha value is -3.42. The van der Waals surface area contributed by atoms with E-state index in [4.69, 9.17) is 0 Å². The lowest BCUT2D eigenvalue weighted by molar-refractivity contribution is -0.384. The second-order valence-corrected chi connectivity index (χ2v) is 6.96. The van der Waals surface area contributed by atoms with Gasteiger partial charge in [0.1, 0.15) is 6.54 Å². The quantitative estimate of drug-likeness (QED) is 0.597. The molecule has 0 spiro atoms. The molecule has 0 atom stereocenters. The number of carbonyl (C=O) groups is 2. The van der Waals surface area contributed by atoms with Crippen LogP contribution in [-0.2, 0) is 11.3 Å². The zero-order chi connectivity index (χ0) is 19.7. The van der Waals surface area contributed by atoms with Crippen LogP contribution in [0.2, 0.25) is 0 Å². The monoisotopic (exact) mass is 380 g/mol. The summed E-state index contributed by atoms with van der Waals surface area (Å²) < 4.78 is 0. The van der Waals surface area contributed by atoms with Gasteiger partial charge in [0.15, 0.2) is 0 Å². The van der Waals surface area contributed by atoms with Gasteiger partial charge in [0.2, 0.25) is 5.91 Å². The van der Waals surface area contributed by atoms with Crippen LogP contribution in [-0.4, -0.2) is 59.3 Å². The maximum atomic E-state index is 12.7. The number of benzene rings is 2. The first-order valence-electron chi connectivity index (χ1n) is 9.17. The molecule has 2 aliphatic heterocycles. The van der Waals surface area contributed by atoms with Crippen LogP contribution in [0, 0.1) is 10.1 Å². The number of amides is 2. The highest BCUT2D eigenvalue weighted by molar-refractivity contribution is 6.00. The lowest BCUT2D eigenvalue weighted by Gasteiger charge is -2.36. The minimum Gasteiger partial charge on any atom is -0.368 e. The highest BCUT2D eigenvalue weighted by Crippen LogP contribution is 2.23. The van der Waals surface area contributed by atoms with Gasteiger partial charge in [-0.2, -0.15) is 0 Å². The van der Waals surface area contributed by atoms with Crippen LogP contribution in [0.25, 0.3) is 0 Å². The standard InChI is InChI=1S/C20H20N4O4/c25-19(14-23-13-15-3-1-2-4-18(15)20(23)26)22-11-9-21(10-12-22)16-5-7-17(8-6-16)24(27)28/h1-8H,9-14H2. The minimum absolute atomic E-state index is 0.0514. The van der Waals surface area contributed by atoms with Crippen molar-refractivity contribution in [1.29, 1.82) is 0 Å². The van der Waals surface area contributed by atoms with Crippen LogP contribution < -0.4 is 4.90 Å². The third kappa shape index (κ3) is 3.40. The lowest BCUT2D eigenvalue weighted by Crippen LogP contribution is -2.51. The first kappa shape index (κ1) is 18.0. The van der Waals surface area contributed by atoms with Crippen molar-refractivity contribution in [3.8, 4) is 0 Å². The average Bonchev–Trinajstić information content (AvgIpc) is 3.04. The molecule has 0 saturated carbocycles. The average molecular weight is 380 g/mol.